The second-order valence-corrected chi connectivity index (χ2v) is 4.17. The fourth-order valence-electron chi connectivity index (χ4n) is 1.75. The van der Waals surface area contributed by atoms with Crippen molar-refractivity contribution < 1.29 is 20.2 Å². The Hall–Kier alpha value is -2.11. The fraction of sp³-hybridized carbons (Fsp3) is 0. The van der Waals surface area contributed by atoms with Crippen molar-refractivity contribution in [2.45, 2.75) is 0 Å². The van der Waals surface area contributed by atoms with E-state index in [4.69, 9.17) is 5.11 Å². The minimum Gasteiger partial charge on any atom is -0.478 e. The van der Waals surface area contributed by atoms with Gasteiger partial charge in [-0.1, -0.05) is 36.4 Å². The highest BCUT2D eigenvalue weighted by Crippen LogP contribution is 2.22. The molecule has 0 heterocycles. The number of carboxylic acids is 1. The van der Waals surface area contributed by atoms with Crippen LogP contribution in [0.2, 0.25) is 0 Å². The molecule has 0 aliphatic rings. The van der Waals surface area contributed by atoms with E-state index in [1.807, 2.05) is 30.3 Å². The predicted octanol–water partition coefficient (Wildman–Crippen LogP) is 1.94. The van der Waals surface area contributed by atoms with Gasteiger partial charge in [-0.2, -0.15) is 0 Å². The van der Waals surface area contributed by atoms with Crippen LogP contribution in [0, 0.1) is 0 Å². The van der Waals surface area contributed by atoms with Gasteiger partial charge in [0.15, 0.2) is 0 Å². The Bertz CT molecular complexity index is 661. The summed E-state index contributed by atoms with van der Waals surface area (Å²) in [6.07, 6.45) is 0.874. The van der Waals surface area contributed by atoms with Gasteiger partial charge >= 0.3 is 5.97 Å². The highest BCUT2D eigenvalue weighted by molar-refractivity contribution is 7.98. The van der Waals surface area contributed by atoms with Crippen LogP contribution in [-0.4, -0.2) is 21.7 Å². The van der Waals surface area contributed by atoms with Crippen LogP contribution in [0.3, 0.4) is 0 Å². The van der Waals surface area contributed by atoms with Gasteiger partial charge in [0, 0.05) is 11.6 Å². The van der Waals surface area contributed by atoms with E-state index in [1.54, 1.807) is 12.1 Å². The topological polar surface area (TPSA) is 85.9 Å². The number of fused-ring (bicyclic) bond motifs is 1. The third-order valence-electron chi connectivity index (χ3n) is 2.56. The molecule has 0 saturated heterocycles. The molecule has 4 nitrogen and oxygen atoms in total. The van der Waals surface area contributed by atoms with Crippen molar-refractivity contribution in [3.63, 3.8) is 0 Å². The molecule has 19 heavy (non-hydrogen) atoms. The summed E-state index contributed by atoms with van der Waals surface area (Å²) in [4.78, 5) is 22.0. The number of carbonyl (C=O) groups is 2. The molecule has 0 aliphatic heterocycles. The van der Waals surface area contributed by atoms with E-state index in [0.29, 0.717) is 5.56 Å². The van der Waals surface area contributed by atoms with E-state index in [1.165, 1.54) is 0 Å². The Morgan fingerprint density at radius 3 is 2.26 bits per heavy atom. The van der Waals surface area contributed by atoms with Crippen LogP contribution in [0.4, 0.5) is 0 Å². The Kier molecular flexibility index (Phi) is 4.86. The van der Waals surface area contributed by atoms with Crippen LogP contribution in [0.5, 0.6) is 0 Å². The summed E-state index contributed by atoms with van der Waals surface area (Å²) in [5.74, 6) is -1.17. The summed E-state index contributed by atoms with van der Waals surface area (Å²) >= 11 is 3.70. The first-order chi connectivity index (χ1) is 8.58. The van der Waals surface area contributed by atoms with Gasteiger partial charge in [0.05, 0.1) is 0 Å². The Labute approximate surface area is 115 Å². The SMILES string of the molecule is O.O=C(O)C=C(C(=O)S)c1ccc2ccccc2c1. The lowest BCUT2D eigenvalue weighted by atomic mass is 10.0. The molecule has 0 fully saturated rings. The first kappa shape index (κ1) is 14.9. The maximum absolute atomic E-state index is 11.3. The molecule has 98 valence electrons. The summed E-state index contributed by atoms with van der Waals surface area (Å²) in [7, 11) is 0. The van der Waals surface area contributed by atoms with E-state index < -0.39 is 11.1 Å². The highest BCUT2D eigenvalue weighted by atomic mass is 32.1. The number of benzene rings is 2. The molecular weight excluding hydrogens is 264 g/mol. The summed E-state index contributed by atoms with van der Waals surface area (Å²) in [6, 6.07) is 13.0. The molecule has 0 aliphatic carbocycles. The largest absolute Gasteiger partial charge is 0.478 e. The van der Waals surface area contributed by atoms with Crippen LogP contribution < -0.4 is 0 Å². The molecule has 2 rings (SSSR count). The molecule has 3 N–H and O–H groups in total. The normalized spacial score (nSPS) is 10.9. The molecule has 0 spiro atoms. The minimum atomic E-state index is -1.17. The van der Waals surface area contributed by atoms with Crippen molar-refractivity contribution in [1.82, 2.24) is 0 Å². The summed E-state index contributed by atoms with van der Waals surface area (Å²) in [6.45, 7) is 0. The first-order valence-electron chi connectivity index (χ1n) is 5.25. The van der Waals surface area contributed by atoms with Gasteiger partial charge in [0.2, 0.25) is 5.12 Å². The molecule has 0 bridgehead atoms. The number of rotatable bonds is 3. The van der Waals surface area contributed by atoms with Crippen LogP contribution in [-0.2, 0) is 9.59 Å². The van der Waals surface area contributed by atoms with Gasteiger partial charge in [-0.25, -0.2) is 4.79 Å². The van der Waals surface area contributed by atoms with Crippen molar-refractivity contribution in [2.24, 2.45) is 0 Å². The maximum Gasteiger partial charge on any atom is 0.329 e. The number of hydrogen-bond donors (Lipinski definition) is 2. The second kappa shape index (κ2) is 6.17. The molecule has 0 radical (unpaired) electrons. The van der Waals surface area contributed by atoms with Gasteiger partial charge in [-0.15, -0.1) is 12.6 Å². The van der Waals surface area contributed by atoms with E-state index in [0.717, 1.165) is 16.8 Å². The van der Waals surface area contributed by atoms with Crippen molar-refractivity contribution in [1.29, 1.82) is 0 Å². The summed E-state index contributed by atoms with van der Waals surface area (Å²) in [5.41, 5.74) is 0.632. The number of hydrogen-bond acceptors (Lipinski definition) is 2. The average molecular weight is 276 g/mol. The number of carbonyl (C=O) groups excluding carboxylic acids is 1. The quantitative estimate of drug-likeness (QED) is 0.663. The molecule has 0 saturated carbocycles. The van der Waals surface area contributed by atoms with Crippen LogP contribution in [0.25, 0.3) is 16.3 Å². The van der Waals surface area contributed by atoms with Gasteiger partial charge in [-0.3, -0.25) is 4.79 Å². The average Bonchev–Trinajstić information content (AvgIpc) is 2.35. The Morgan fingerprint density at radius 2 is 1.68 bits per heavy atom. The maximum atomic E-state index is 11.3. The van der Waals surface area contributed by atoms with Crippen molar-refractivity contribution in [3.05, 3.63) is 54.1 Å². The van der Waals surface area contributed by atoms with Crippen LogP contribution in [0.1, 0.15) is 5.56 Å². The Balaban J connectivity index is 0.00000180. The minimum absolute atomic E-state index is 0. The second-order valence-electron chi connectivity index (χ2n) is 3.76. The van der Waals surface area contributed by atoms with Crippen molar-refractivity contribution in [2.75, 3.05) is 0 Å². The zero-order chi connectivity index (χ0) is 13.1. The number of thiol groups is 1. The van der Waals surface area contributed by atoms with Crippen molar-refractivity contribution >= 4 is 40.1 Å². The zero-order valence-corrected chi connectivity index (χ0v) is 10.7. The highest BCUT2D eigenvalue weighted by Gasteiger charge is 2.10. The smallest absolute Gasteiger partial charge is 0.329 e. The lowest BCUT2D eigenvalue weighted by Crippen LogP contribution is -1.98. The molecule has 5 heteroatoms. The molecule has 0 atom stereocenters. The predicted molar refractivity (Wildman–Crippen MR) is 77.2 cm³/mol. The first-order valence-corrected chi connectivity index (χ1v) is 5.70. The van der Waals surface area contributed by atoms with Crippen LogP contribution >= 0.6 is 12.6 Å². The van der Waals surface area contributed by atoms with E-state index in [2.05, 4.69) is 12.6 Å². The Morgan fingerprint density at radius 1 is 1.05 bits per heavy atom. The number of carboxylic acid groups (broad SMARTS) is 1. The van der Waals surface area contributed by atoms with Gasteiger partial charge in [0.1, 0.15) is 0 Å². The standard InChI is InChI=1S/C14H10O3S.H2O/c15-13(16)8-12(14(17)18)11-6-5-9-3-1-2-4-10(9)7-11;/h1-8H,(H,15,16)(H,17,18);1H2. The van der Waals surface area contributed by atoms with Gasteiger partial charge in [-0.05, 0) is 22.4 Å². The van der Waals surface area contributed by atoms with E-state index in [9.17, 15) is 9.59 Å². The molecule has 2 aromatic rings. The van der Waals surface area contributed by atoms with E-state index >= 15 is 0 Å². The fourth-order valence-corrected chi connectivity index (χ4v) is 1.94. The lowest BCUT2D eigenvalue weighted by molar-refractivity contribution is -0.131. The van der Waals surface area contributed by atoms with Crippen molar-refractivity contribution in [3.8, 4) is 0 Å². The van der Waals surface area contributed by atoms with Crippen LogP contribution in [0.15, 0.2) is 48.5 Å². The van der Waals surface area contributed by atoms with Gasteiger partial charge < -0.3 is 10.6 Å². The van der Waals surface area contributed by atoms with E-state index in [-0.39, 0.29) is 11.0 Å². The van der Waals surface area contributed by atoms with Gasteiger partial charge in [0.25, 0.3) is 0 Å². The zero-order valence-electron chi connectivity index (χ0n) is 9.83. The third-order valence-corrected chi connectivity index (χ3v) is 2.80. The molecule has 0 aromatic heterocycles. The number of aliphatic carboxylic acids is 1. The molecule has 2 aromatic carbocycles. The molecule has 0 amide bonds. The summed E-state index contributed by atoms with van der Waals surface area (Å²) < 4.78 is 0. The molecule has 0 unspecified atom stereocenters. The third kappa shape index (κ3) is 3.43. The lowest BCUT2D eigenvalue weighted by Gasteiger charge is -2.04. The molecular formula is C14H12O4S. The monoisotopic (exact) mass is 276 g/mol. The summed E-state index contributed by atoms with van der Waals surface area (Å²) in [5, 5.41) is 10.2.